The summed E-state index contributed by atoms with van der Waals surface area (Å²) in [6.45, 7) is 0.392. The Bertz CT molecular complexity index is 1310. The number of amides is 1. The van der Waals surface area contributed by atoms with Crippen LogP contribution in [0.4, 0.5) is 17.1 Å². The predicted octanol–water partition coefficient (Wildman–Crippen LogP) is 5.57. The Hall–Kier alpha value is -3.63. The van der Waals surface area contributed by atoms with Gasteiger partial charge in [-0.2, -0.15) is 0 Å². The van der Waals surface area contributed by atoms with Gasteiger partial charge in [-0.1, -0.05) is 18.2 Å². The van der Waals surface area contributed by atoms with Crippen molar-refractivity contribution >= 4 is 64.4 Å². The minimum Gasteiger partial charge on any atom is -0.493 e. The van der Waals surface area contributed by atoms with Gasteiger partial charge >= 0.3 is 0 Å². The molecule has 0 atom stereocenters. The molecule has 2 aromatic carbocycles. The van der Waals surface area contributed by atoms with Crippen molar-refractivity contribution in [2.45, 2.75) is 19.4 Å². The van der Waals surface area contributed by atoms with Gasteiger partial charge in [-0.15, -0.1) is 11.3 Å². The van der Waals surface area contributed by atoms with E-state index in [9.17, 15) is 20.0 Å². The number of allylic oxidation sites excluding steroid dienone is 1. The average Bonchev–Trinajstić information content (AvgIpc) is 3.30. The van der Waals surface area contributed by atoms with E-state index in [-0.39, 0.29) is 23.9 Å². The van der Waals surface area contributed by atoms with Gasteiger partial charge in [0.2, 0.25) is 11.8 Å². The van der Waals surface area contributed by atoms with E-state index in [1.807, 2.05) is 30.3 Å². The van der Waals surface area contributed by atoms with Gasteiger partial charge in [0.25, 0.3) is 5.69 Å². The molecule has 0 saturated heterocycles. The fourth-order valence-electron chi connectivity index (χ4n) is 3.29. The quantitative estimate of drug-likeness (QED) is 0.269. The van der Waals surface area contributed by atoms with Gasteiger partial charge in [-0.25, -0.2) is 0 Å². The molecule has 4 rings (SSSR count). The van der Waals surface area contributed by atoms with Crippen LogP contribution in [0.1, 0.15) is 23.3 Å². The number of thiazole rings is 1. The lowest BCUT2D eigenvalue weighted by molar-refractivity contribution is -0.384. The second-order valence-corrected chi connectivity index (χ2v) is 8.71. The third kappa shape index (κ3) is 4.66. The Kier molecular flexibility index (Phi) is 6.24. The van der Waals surface area contributed by atoms with E-state index in [0.29, 0.717) is 27.5 Å². The Balaban J connectivity index is 1.37. The van der Waals surface area contributed by atoms with Gasteiger partial charge in [-0.3, -0.25) is 24.5 Å². The van der Waals surface area contributed by atoms with Crippen molar-refractivity contribution in [1.82, 2.24) is 4.57 Å². The van der Waals surface area contributed by atoms with Gasteiger partial charge in [0.05, 0.1) is 15.5 Å². The van der Waals surface area contributed by atoms with Gasteiger partial charge in [0.15, 0.2) is 3.95 Å². The Morgan fingerprint density at radius 3 is 2.75 bits per heavy atom. The van der Waals surface area contributed by atoms with Gasteiger partial charge < -0.3 is 10.4 Å². The highest BCUT2D eigenvalue weighted by Crippen LogP contribution is 2.35. The zero-order valence-electron chi connectivity index (χ0n) is 16.7. The van der Waals surface area contributed by atoms with Crippen LogP contribution in [0.3, 0.4) is 0 Å². The second kappa shape index (κ2) is 9.25. The second-order valence-electron chi connectivity index (χ2n) is 7.04. The first-order chi connectivity index (χ1) is 15.4. The van der Waals surface area contributed by atoms with E-state index in [2.05, 4.69) is 10.3 Å². The number of anilines is 1. The Morgan fingerprint density at radius 2 is 2.00 bits per heavy atom. The summed E-state index contributed by atoms with van der Waals surface area (Å²) in [6.07, 6.45) is 4.31. The number of non-ortho nitro benzene ring substituents is 1. The van der Waals surface area contributed by atoms with Gasteiger partial charge in [-0.05, 0) is 42.9 Å². The number of hydrogen-bond donors (Lipinski definition) is 2. The molecule has 1 aliphatic heterocycles. The summed E-state index contributed by atoms with van der Waals surface area (Å²) in [5, 5.41) is 24.1. The number of nitrogens with one attached hydrogen (secondary N) is 1. The topological polar surface area (TPSA) is 110 Å². The number of nitrogens with zero attached hydrogens (tertiary/aromatic N) is 3. The van der Waals surface area contributed by atoms with Crippen molar-refractivity contribution in [3.8, 4) is 5.88 Å². The first-order valence-corrected chi connectivity index (χ1v) is 11.0. The van der Waals surface area contributed by atoms with Crippen molar-refractivity contribution in [2.24, 2.45) is 4.99 Å². The molecule has 0 fully saturated rings. The number of rotatable bonds is 7. The standard InChI is InChI=1S/C22H18N4O4S2/c27-20(24-15-7-9-16(10-8-15)26(29)30)6-3-11-25-21(28)19(32-22(25)31)12-14-13-23-18-5-2-1-4-17(14)18/h1-2,4-5,7-10,12-13,28H,3,6,11H2,(H,24,27)/b14-12-. The summed E-state index contributed by atoms with van der Waals surface area (Å²) in [7, 11) is 0. The lowest BCUT2D eigenvalue weighted by atomic mass is 10.1. The molecular weight excluding hydrogens is 448 g/mol. The third-order valence-electron chi connectivity index (χ3n) is 4.89. The van der Waals surface area contributed by atoms with E-state index in [4.69, 9.17) is 12.2 Å². The van der Waals surface area contributed by atoms with E-state index >= 15 is 0 Å². The normalized spacial score (nSPS) is 13.3. The molecular formula is C22H18N4O4S2. The molecule has 2 N–H and O–H groups in total. The highest BCUT2D eigenvalue weighted by atomic mass is 32.1. The number of benzene rings is 2. The minimum atomic E-state index is -0.495. The molecule has 10 heteroatoms. The highest BCUT2D eigenvalue weighted by Gasteiger charge is 2.15. The number of para-hydroxylation sites is 1. The summed E-state index contributed by atoms with van der Waals surface area (Å²) < 4.78 is 2.14. The maximum Gasteiger partial charge on any atom is 0.269 e. The molecule has 0 saturated carbocycles. The maximum absolute atomic E-state index is 12.2. The number of aliphatic imine (C=N–C) groups is 1. The maximum atomic E-state index is 12.2. The fourth-order valence-corrected chi connectivity index (χ4v) is 4.60. The van der Waals surface area contributed by atoms with Crippen LogP contribution in [-0.4, -0.2) is 26.7 Å². The first-order valence-electron chi connectivity index (χ1n) is 9.74. The third-order valence-corrected chi connectivity index (χ3v) is 6.27. The highest BCUT2D eigenvalue weighted by molar-refractivity contribution is 7.73. The van der Waals surface area contributed by atoms with Crippen LogP contribution in [0.5, 0.6) is 5.88 Å². The largest absolute Gasteiger partial charge is 0.493 e. The molecule has 32 heavy (non-hydrogen) atoms. The number of carbonyl (C=O) groups is 1. The van der Waals surface area contributed by atoms with Crippen LogP contribution in [-0.2, 0) is 11.3 Å². The van der Waals surface area contributed by atoms with Crippen LogP contribution < -0.4 is 5.32 Å². The van der Waals surface area contributed by atoms with Crippen molar-refractivity contribution < 1.29 is 14.8 Å². The SMILES string of the molecule is O=C(CCCn1c(O)c(/C=C2/C=Nc3ccccc32)sc1=S)Nc1ccc([N+](=O)[O-])cc1. The molecule has 2 heterocycles. The van der Waals surface area contributed by atoms with Crippen LogP contribution in [0.2, 0.25) is 0 Å². The van der Waals surface area contributed by atoms with E-state index in [1.165, 1.54) is 35.6 Å². The Labute approximate surface area is 192 Å². The zero-order valence-corrected chi connectivity index (χ0v) is 18.4. The summed E-state index contributed by atoms with van der Waals surface area (Å²) in [6, 6.07) is 13.4. The first kappa shape index (κ1) is 21.6. The zero-order chi connectivity index (χ0) is 22.7. The number of carbonyl (C=O) groups excluding carboxylic acids is 1. The van der Waals surface area contributed by atoms with E-state index < -0.39 is 4.92 Å². The van der Waals surface area contributed by atoms with Crippen LogP contribution in [0.25, 0.3) is 11.6 Å². The molecule has 1 aromatic heterocycles. The van der Waals surface area contributed by atoms with E-state index in [0.717, 1.165) is 16.8 Å². The predicted molar refractivity (Wildman–Crippen MR) is 128 cm³/mol. The molecule has 0 unspecified atom stereocenters. The molecule has 0 bridgehead atoms. The molecule has 0 radical (unpaired) electrons. The smallest absolute Gasteiger partial charge is 0.269 e. The molecule has 1 aliphatic rings. The molecule has 3 aromatic rings. The average molecular weight is 467 g/mol. The van der Waals surface area contributed by atoms with Crippen LogP contribution >= 0.6 is 23.6 Å². The van der Waals surface area contributed by atoms with E-state index in [1.54, 1.807) is 10.8 Å². The minimum absolute atomic E-state index is 0.0385. The van der Waals surface area contributed by atoms with Crippen LogP contribution in [0, 0.1) is 14.1 Å². The number of hydrogen-bond acceptors (Lipinski definition) is 7. The summed E-state index contributed by atoms with van der Waals surface area (Å²) in [5.41, 5.74) is 3.24. The summed E-state index contributed by atoms with van der Waals surface area (Å²) in [4.78, 5) is 27.4. The van der Waals surface area contributed by atoms with Crippen molar-refractivity contribution in [3.63, 3.8) is 0 Å². The summed E-state index contributed by atoms with van der Waals surface area (Å²) >= 11 is 6.70. The van der Waals surface area contributed by atoms with Crippen molar-refractivity contribution in [3.05, 3.63) is 73.0 Å². The lowest BCUT2D eigenvalue weighted by Gasteiger charge is -2.07. The Morgan fingerprint density at radius 1 is 1.25 bits per heavy atom. The molecule has 0 spiro atoms. The van der Waals surface area contributed by atoms with Crippen LogP contribution in [0.15, 0.2) is 53.5 Å². The number of nitro groups is 1. The van der Waals surface area contributed by atoms with Gasteiger partial charge in [0, 0.05) is 48.1 Å². The lowest BCUT2D eigenvalue weighted by Crippen LogP contribution is -2.12. The molecule has 162 valence electrons. The molecule has 0 aliphatic carbocycles. The van der Waals surface area contributed by atoms with Gasteiger partial charge in [0.1, 0.15) is 0 Å². The number of nitro benzene ring substituents is 1. The summed E-state index contributed by atoms with van der Waals surface area (Å²) in [5.74, 6) is -0.151. The monoisotopic (exact) mass is 466 g/mol. The number of fused-ring (bicyclic) bond motifs is 1. The number of aromatic nitrogens is 1. The number of aromatic hydroxyl groups is 1. The fraction of sp³-hybridized carbons (Fsp3) is 0.136. The molecule has 1 amide bonds. The van der Waals surface area contributed by atoms with Crippen molar-refractivity contribution in [2.75, 3.05) is 5.32 Å². The van der Waals surface area contributed by atoms with Crippen molar-refractivity contribution in [1.29, 1.82) is 0 Å². The molecule has 8 nitrogen and oxygen atoms in total.